The number of benzene rings is 2. The topological polar surface area (TPSA) is 66.5 Å². The summed E-state index contributed by atoms with van der Waals surface area (Å²) in [6, 6.07) is 10.1. The minimum Gasteiger partial charge on any atom is -0.311 e. The van der Waals surface area contributed by atoms with E-state index < -0.39 is 15.4 Å². The van der Waals surface area contributed by atoms with E-state index in [0.717, 1.165) is 17.7 Å². The number of rotatable bonds is 3. The van der Waals surface area contributed by atoms with Crippen LogP contribution in [0.2, 0.25) is 5.02 Å². The van der Waals surface area contributed by atoms with Crippen LogP contribution < -0.4 is 9.62 Å². The van der Waals surface area contributed by atoms with Gasteiger partial charge in [-0.05, 0) is 48.7 Å². The molecule has 5 nitrogen and oxygen atoms in total. The van der Waals surface area contributed by atoms with Gasteiger partial charge in [-0.15, -0.1) is 0 Å². The zero-order valence-corrected chi connectivity index (χ0v) is 17.4. The van der Waals surface area contributed by atoms with Gasteiger partial charge in [0.05, 0.1) is 10.6 Å². The number of carbonyl (C=O) groups is 1. The fourth-order valence-corrected chi connectivity index (χ4v) is 4.70. The van der Waals surface area contributed by atoms with Crippen LogP contribution in [0.5, 0.6) is 0 Å². The first kappa shape index (κ1) is 19.7. The molecule has 0 saturated heterocycles. The molecular weight excluding hydrogens is 384 g/mol. The van der Waals surface area contributed by atoms with Crippen LogP contribution in [0, 0.1) is 12.3 Å². The number of nitrogens with one attached hydrogen (secondary N) is 1. The number of sulfonamides is 1. The van der Waals surface area contributed by atoms with Crippen molar-refractivity contribution in [1.82, 2.24) is 0 Å². The van der Waals surface area contributed by atoms with Gasteiger partial charge in [0.1, 0.15) is 0 Å². The third kappa shape index (κ3) is 3.82. The molecule has 0 unspecified atom stereocenters. The highest BCUT2D eigenvalue weighted by Crippen LogP contribution is 2.35. The van der Waals surface area contributed by atoms with Gasteiger partial charge < -0.3 is 4.90 Å². The predicted molar refractivity (Wildman–Crippen MR) is 109 cm³/mol. The summed E-state index contributed by atoms with van der Waals surface area (Å²) in [5.74, 6) is 0.0203. The summed E-state index contributed by atoms with van der Waals surface area (Å²) in [6.45, 7) is 7.91. The number of nitrogens with zero attached hydrogens (tertiary/aromatic N) is 1. The summed E-state index contributed by atoms with van der Waals surface area (Å²) >= 11 is 6.06. The second kappa shape index (κ2) is 6.84. The van der Waals surface area contributed by atoms with Gasteiger partial charge in [0.2, 0.25) is 5.91 Å². The Morgan fingerprint density at radius 1 is 1.19 bits per heavy atom. The molecule has 3 rings (SSSR count). The van der Waals surface area contributed by atoms with Gasteiger partial charge in [-0.3, -0.25) is 9.52 Å². The van der Waals surface area contributed by atoms with Crippen molar-refractivity contribution >= 4 is 38.9 Å². The van der Waals surface area contributed by atoms with Crippen LogP contribution in [0.15, 0.2) is 41.3 Å². The highest BCUT2D eigenvalue weighted by molar-refractivity contribution is 7.92. The minimum atomic E-state index is -3.79. The molecule has 1 heterocycles. The normalized spacial score (nSPS) is 14.2. The Morgan fingerprint density at radius 3 is 2.56 bits per heavy atom. The Morgan fingerprint density at radius 2 is 1.89 bits per heavy atom. The standard InChI is InChI=1S/C20H23ClN2O3S/c1-13-16(21)6-5-7-18(13)27(25,26)22-15-9-8-14-10-11-23(17(14)12-15)19(24)20(2,3)4/h5-9,12,22H,10-11H2,1-4H3. The Labute approximate surface area is 165 Å². The molecular formula is C20H23ClN2O3S. The van der Waals surface area contributed by atoms with E-state index in [2.05, 4.69) is 4.72 Å². The van der Waals surface area contributed by atoms with E-state index in [4.69, 9.17) is 11.6 Å². The van der Waals surface area contributed by atoms with Crippen molar-refractivity contribution in [2.45, 2.75) is 39.0 Å². The number of amides is 1. The lowest BCUT2D eigenvalue weighted by Crippen LogP contribution is -2.38. The molecule has 144 valence electrons. The molecule has 0 aromatic heterocycles. The summed E-state index contributed by atoms with van der Waals surface area (Å²) in [6.07, 6.45) is 0.761. The number of hydrogen-bond acceptors (Lipinski definition) is 3. The van der Waals surface area contributed by atoms with E-state index in [1.54, 1.807) is 36.1 Å². The van der Waals surface area contributed by atoms with Crippen LogP contribution in [-0.2, 0) is 21.2 Å². The molecule has 27 heavy (non-hydrogen) atoms. The maximum Gasteiger partial charge on any atom is 0.262 e. The Kier molecular flexibility index (Phi) is 4.99. The third-order valence-electron chi connectivity index (χ3n) is 4.63. The molecule has 1 amide bonds. The average Bonchev–Trinajstić information content (AvgIpc) is 2.98. The summed E-state index contributed by atoms with van der Waals surface area (Å²) in [5, 5.41) is 0.397. The van der Waals surface area contributed by atoms with Crippen LogP contribution >= 0.6 is 11.6 Å². The van der Waals surface area contributed by atoms with Crippen LogP contribution in [0.1, 0.15) is 31.9 Å². The SMILES string of the molecule is Cc1c(Cl)cccc1S(=O)(=O)Nc1ccc2c(c1)N(C(=O)C(C)(C)C)CC2. The van der Waals surface area contributed by atoms with Crippen LogP contribution in [0.25, 0.3) is 0 Å². The Hall–Kier alpha value is -2.05. The lowest BCUT2D eigenvalue weighted by molar-refractivity contribution is -0.125. The lowest BCUT2D eigenvalue weighted by Gasteiger charge is -2.26. The van der Waals surface area contributed by atoms with Crippen molar-refractivity contribution in [1.29, 1.82) is 0 Å². The second-order valence-electron chi connectivity index (χ2n) is 7.77. The van der Waals surface area contributed by atoms with Crippen molar-refractivity contribution in [3.63, 3.8) is 0 Å². The lowest BCUT2D eigenvalue weighted by atomic mass is 9.94. The molecule has 0 bridgehead atoms. The first-order valence-electron chi connectivity index (χ1n) is 8.73. The van der Waals surface area contributed by atoms with E-state index in [-0.39, 0.29) is 10.8 Å². The van der Waals surface area contributed by atoms with Gasteiger partial charge in [0.25, 0.3) is 10.0 Å². The van der Waals surface area contributed by atoms with Crippen molar-refractivity contribution in [3.05, 3.63) is 52.5 Å². The van der Waals surface area contributed by atoms with Crippen molar-refractivity contribution in [3.8, 4) is 0 Å². The molecule has 0 radical (unpaired) electrons. The van der Waals surface area contributed by atoms with E-state index in [9.17, 15) is 13.2 Å². The van der Waals surface area contributed by atoms with Gasteiger partial charge in [-0.25, -0.2) is 8.42 Å². The van der Waals surface area contributed by atoms with Crippen LogP contribution in [0.4, 0.5) is 11.4 Å². The maximum absolute atomic E-state index is 12.8. The third-order valence-corrected chi connectivity index (χ3v) is 6.56. The number of carbonyl (C=O) groups excluding carboxylic acids is 1. The monoisotopic (exact) mass is 406 g/mol. The molecule has 1 N–H and O–H groups in total. The minimum absolute atomic E-state index is 0.0203. The molecule has 1 aliphatic rings. The van der Waals surface area contributed by atoms with Crippen LogP contribution in [0.3, 0.4) is 0 Å². The molecule has 0 aliphatic carbocycles. The van der Waals surface area contributed by atoms with Crippen molar-refractivity contribution in [2.75, 3.05) is 16.2 Å². The van der Waals surface area contributed by atoms with Gasteiger partial charge in [0.15, 0.2) is 0 Å². The quantitative estimate of drug-likeness (QED) is 0.822. The first-order valence-corrected chi connectivity index (χ1v) is 10.6. The Balaban J connectivity index is 1.94. The zero-order valence-electron chi connectivity index (χ0n) is 15.8. The van der Waals surface area contributed by atoms with Gasteiger partial charge in [0, 0.05) is 22.7 Å². The van der Waals surface area contributed by atoms with Crippen molar-refractivity contribution in [2.24, 2.45) is 5.41 Å². The van der Waals surface area contributed by atoms with Gasteiger partial charge in [-0.1, -0.05) is 44.5 Å². The number of halogens is 1. The molecule has 1 aliphatic heterocycles. The van der Waals surface area contributed by atoms with E-state index in [1.807, 2.05) is 26.8 Å². The molecule has 0 atom stereocenters. The fraction of sp³-hybridized carbons (Fsp3) is 0.350. The highest BCUT2D eigenvalue weighted by atomic mass is 35.5. The molecule has 0 fully saturated rings. The Bertz CT molecular complexity index is 1010. The summed E-state index contributed by atoms with van der Waals surface area (Å²) < 4.78 is 28.2. The predicted octanol–water partition coefficient (Wildman–Crippen LogP) is 4.38. The number of anilines is 2. The highest BCUT2D eigenvalue weighted by Gasteiger charge is 2.32. The second-order valence-corrected chi connectivity index (χ2v) is 9.83. The van der Waals surface area contributed by atoms with Crippen molar-refractivity contribution < 1.29 is 13.2 Å². The summed E-state index contributed by atoms with van der Waals surface area (Å²) in [7, 11) is -3.79. The first-order chi connectivity index (χ1) is 12.5. The van der Waals surface area contributed by atoms with Gasteiger partial charge in [-0.2, -0.15) is 0 Å². The van der Waals surface area contributed by atoms with E-state index in [1.165, 1.54) is 6.07 Å². The largest absolute Gasteiger partial charge is 0.311 e. The summed E-state index contributed by atoms with van der Waals surface area (Å²) in [5.41, 5.74) is 2.21. The molecule has 2 aromatic carbocycles. The smallest absolute Gasteiger partial charge is 0.262 e. The molecule has 0 saturated carbocycles. The number of fused-ring (bicyclic) bond motifs is 1. The fourth-order valence-electron chi connectivity index (χ4n) is 3.15. The average molecular weight is 407 g/mol. The molecule has 7 heteroatoms. The van der Waals surface area contributed by atoms with Crippen LogP contribution in [-0.4, -0.2) is 20.9 Å². The summed E-state index contributed by atoms with van der Waals surface area (Å²) in [4.78, 5) is 14.6. The van der Waals surface area contributed by atoms with E-state index in [0.29, 0.717) is 22.8 Å². The zero-order chi connectivity index (χ0) is 20.0. The van der Waals surface area contributed by atoms with E-state index >= 15 is 0 Å². The molecule has 0 spiro atoms. The maximum atomic E-state index is 12.8. The molecule has 2 aromatic rings. The van der Waals surface area contributed by atoms with Gasteiger partial charge >= 0.3 is 0 Å². The number of hydrogen-bond donors (Lipinski definition) is 1.